The van der Waals surface area contributed by atoms with Crippen molar-refractivity contribution in [1.29, 1.82) is 0 Å². The molecule has 2 aliphatic rings. The van der Waals surface area contributed by atoms with Crippen molar-refractivity contribution < 1.29 is 14.1 Å². The molecule has 2 heterocycles. The number of ether oxygens (including phenoxy) is 1. The summed E-state index contributed by atoms with van der Waals surface area (Å²) in [6.45, 7) is 2.30. The van der Waals surface area contributed by atoms with Crippen LogP contribution in [0.25, 0.3) is 0 Å². The van der Waals surface area contributed by atoms with E-state index in [4.69, 9.17) is 15.0 Å². The fourth-order valence-electron chi connectivity index (χ4n) is 3.39. The second kappa shape index (κ2) is 8.78. The maximum atomic E-state index is 12.2. The smallest absolute Gasteiger partial charge is 0.249 e. The van der Waals surface area contributed by atoms with Crippen LogP contribution in [0.5, 0.6) is 0 Å². The number of nitrogens with two attached hydrogens (primary N) is 1. The molecule has 3 N–H and O–H groups in total. The highest BCUT2D eigenvalue weighted by Crippen LogP contribution is 2.31. The molecule has 2 fully saturated rings. The second-order valence-corrected chi connectivity index (χ2v) is 6.62. The zero-order chi connectivity index (χ0) is 16.2. The summed E-state index contributed by atoms with van der Waals surface area (Å²) in [5.41, 5.74) is 5.57. The molecule has 1 aliphatic heterocycles. The topological polar surface area (TPSA) is 103 Å². The number of aromatic nitrogens is 2. The van der Waals surface area contributed by atoms with Gasteiger partial charge in [0.1, 0.15) is 12.1 Å². The summed E-state index contributed by atoms with van der Waals surface area (Å²) in [4.78, 5) is 16.7. The molecule has 8 heteroatoms. The number of hydrogen-bond acceptors (Lipinski definition) is 6. The summed E-state index contributed by atoms with van der Waals surface area (Å²) in [6.07, 6.45) is 7.08. The first-order valence-corrected chi connectivity index (χ1v) is 8.66. The summed E-state index contributed by atoms with van der Waals surface area (Å²) in [5.74, 6) is 1.51. The van der Waals surface area contributed by atoms with Gasteiger partial charge in [0.15, 0.2) is 5.82 Å². The molecule has 1 unspecified atom stereocenters. The Morgan fingerprint density at radius 2 is 2.04 bits per heavy atom. The zero-order valence-electron chi connectivity index (χ0n) is 14.1. The lowest BCUT2D eigenvalue weighted by Crippen LogP contribution is -2.37. The number of nitrogens with zero attached hydrogens (tertiary/aromatic N) is 2. The molecule has 0 spiro atoms. The van der Waals surface area contributed by atoms with Gasteiger partial charge in [0.2, 0.25) is 11.8 Å². The van der Waals surface area contributed by atoms with E-state index in [-0.39, 0.29) is 30.5 Å². The predicted molar refractivity (Wildman–Crippen MR) is 90.9 cm³/mol. The highest BCUT2D eigenvalue weighted by atomic mass is 35.5. The van der Waals surface area contributed by atoms with Crippen LogP contribution < -0.4 is 11.1 Å². The molecule has 0 radical (unpaired) electrons. The summed E-state index contributed by atoms with van der Waals surface area (Å²) < 4.78 is 11.0. The number of rotatable bonds is 5. The van der Waals surface area contributed by atoms with Crippen LogP contribution in [0.4, 0.5) is 0 Å². The van der Waals surface area contributed by atoms with Crippen LogP contribution >= 0.6 is 12.4 Å². The van der Waals surface area contributed by atoms with Crippen molar-refractivity contribution in [2.75, 3.05) is 6.54 Å². The van der Waals surface area contributed by atoms with Gasteiger partial charge >= 0.3 is 0 Å². The molecule has 1 aromatic heterocycles. The quantitative estimate of drug-likeness (QED) is 0.836. The van der Waals surface area contributed by atoms with Crippen LogP contribution in [0.15, 0.2) is 4.52 Å². The Kier molecular flexibility index (Phi) is 7.01. The van der Waals surface area contributed by atoms with E-state index in [0.29, 0.717) is 24.8 Å². The van der Waals surface area contributed by atoms with Gasteiger partial charge in [-0.2, -0.15) is 4.98 Å². The minimum absolute atomic E-state index is 0. The van der Waals surface area contributed by atoms with E-state index >= 15 is 0 Å². The van der Waals surface area contributed by atoms with Crippen LogP contribution in [-0.2, 0) is 9.53 Å². The molecular weight excluding hydrogens is 332 g/mol. The lowest BCUT2D eigenvalue weighted by molar-refractivity contribution is -0.132. The standard InChI is InChI=1S/C16H26N4O3.ClH/c1-10(18-15(21)13-8-7-12(9-17)22-13)16-19-14(20-23-16)11-5-3-2-4-6-11;/h10-13H,2-9,17H2,1H3,(H,18,21);1H/t10?,12-,13+;/m1./s1. The molecule has 1 aliphatic carbocycles. The van der Waals surface area contributed by atoms with E-state index in [1.165, 1.54) is 19.3 Å². The Bertz CT molecular complexity index is 533. The molecule has 7 nitrogen and oxygen atoms in total. The van der Waals surface area contributed by atoms with Gasteiger partial charge in [0.25, 0.3) is 0 Å². The van der Waals surface area contributed by atoms with E-state index in [2.05, 4.69) is 15.5 Å². The highest BCUT2D eigenvalue weighted by molar-refractivity contribution is 5.85. The number of amides is 1. The second-order valence-electron chi connectivity index (χ2n) is 6.62. The zero-order valence-corrected chi connectivity index (χ0v) is 14.9. The Morgan fingerprint density at radius 3 is 2.71 bits per heavy atom. The van der Waals surface area contributed by atoms with E-state index in [1.807, 2.05) is 6.92 Å². The molecule has 1 aromatic rings. The average molecular weight is 359 g/mol. The lowest BCUT2D eigenvalue weighted by Gasteiger charge is -2.17. The van der Waals surface area contributed by atoms with Crippen molar-refractivity contribution in [3.63, 3.8) is 0 Å². The molecule has 136 valence electrons. The fraction of sp³-hybridized carbons (Fsp3) is 0.812. The first kappa shape index (κ1) is 19.1. The molecule has 0 bridgehead atoms. The van der Waals surface area contributed by atoms with Crippen molar-refractivity contribution in [3.8, 4) is 0 Å². The van der Waals surface area contributed by atoms with Crippen molar-refractivity contribution in [3.05, 3.63) is 11.7 Å². The molecule has 1 saturated heterocycles. The van der Waals surface area contributed by atoms with Crippen LogP contribution in [0.2, 0.25) is 0 Å². The first-order valence-electron chi connectivity index (χ1n) is 8.66. The largest absolute Gasteiger partial charge is 0.364 e. The number of nitrogens with one attached hydrogen (secondary N) is 1. The number of hydrogen-bond donors (Lipinski definition) is 2. The summed E-state index contributed by atoms with van der Waals surface area (Å²) in [5, 5.41) is 7.00. The van der Waals surface area contributed by atoms with Gasteiger partial charge in [-0.1, -0.05) is 24.4 Å². The summed E-state index contributed by atoms with van der Waals surface area (Å²) >= 11 is 0. The third-order valence-corrected chi connectivity index (χ3v) is 4.82. The van der Waals surface area contributed by atoms with Gasteiger partial charge in [0.05, 0.1) is 6.10 Å². The number of halogens is 1. The fourth-order valence-corrected chi connectivity index (χ4v) is 3.39. The summed E-state index contributed by atoms with van der Waals surface area (Å²) in [6, 6.07) is -0.312. The van der Waals surface area contributed by atoms with E-state index in [9.17, 15) is 4.79 Å². The maximum absolute atomic E-state index is 12.2. The molecule has 1 saturated carbocycles. The monoisotopic (exact) mass is 358 g/mol. The first-order chi connectivity index (χ1) is 11.2. The minimum atomic E-state index is -0.424. The molecular formula is C16H27ClN4O3. The SMILES string of the molecule is CC(NC(=O)[C@@H]1CC[C@H](CN)O1)c1nc(C2CCCCC2)no1.Cl. The lowest BCUT2D eigenvalue weighted by atomic mass is 9.89. The van der Waals surface area contributed by atoms with Crippen molar-refractivity contribution >= 4 is 18.3 Å². The molecule has 3 atom stereocenters. The predicted octanol–water partition coefficient (Wildman–Crippen LogP) is 2.22. The average Bonchev–Trinajstić information content (AvgIpc) is 3.25. The highest BCUT2D eigenvalue weighted by Gasteiger charge is 2.31. The number of carbonyl (C=O) groups is 1. The van der Waals surface area contributed by atoms with Crippen LogP contribution in [0, 0.1) is 0 Å². The van der Waals surface area contributed by atoms with Gasteiger partial charge in [-0.05, 0) is 32.6 Å². The van der Waals surface area contributed by atoms with Gasteiger partial charge in [-0.25, -0.2) is 0 Å². The van der Waals surface area contributed by atoms with Gasteiger partial charge in [-0.3, -0.25) is 4.79 Å². The van der Waals surface area contributed by atoms with Crippen LogP contribution in [-0.4, -0.2) is 34.8 Å². The van der Waals surface area contributed by atoms with E-state index < -0.39 is 6.10 Å². The summed E-state index contributed by atoms with van der Waals surface area (Å²) in [7, 11) is 0. The van der Waals surface area contributed by atoms with Crippen molar-refractivity contribution in [2.24, 2.45) is 5.73 Å². The molecule has 24 heavy (non-hydrogen) atoms. The van der Waals surface area contributed by atoms with E-state index in [1.54, 1.807) is 0 Å². The Morgan fingerprint density at radius 1 is 1.29 bits per heavy atom. The Labute approximate surface area is 148 Å². The Hall–Kier alpha value is -1.18. The van der Waals surface area contributed by atoms with Gasteiger partial charge in [-0.15, -0.1) is 12.4 Å². The molecule has 1 amide bonds. The molecule has 0 aromatic carbocycles. The number of carbonyl (C=O) groups excluding carboxylic acids is 1. The van der Waals surface area contributed by atoms with Crippen molar-refractivity contribution in [2.45, 2.75) is 76.0 Å². The van der Waals surface area contributed by atoms with Crippen LogP contribution in [0.1, 0.15) is 75.5 Å². The van der Waals surface area contributed by atoms with Gasteiger partial charge < -0.3 is 20.3 Å². The minimum Gasteiger partial charge on any atom is -0.364 e. The third kappa shape index (κ3) is 4.46. The van der Waals surface area contributed by atoms with E-state index in [0.717, 1.165) is 25.1 Å². The molecule has 3 rings (SSSR count). The van der Waals surface area contributed by atoms with Crippen molar-refractivity contribution in [1.82, 2.24) is 15.5 Å². The normalized spacial score (nSPS) is 25.9. The maximum Gasteiger partial charge on any atom is 0.249 e. The third-order valence-electron chi connectivity index (χ3n) is 4.82. The van der Waals surface area contributed by atoms with Crippen LogP contribution in [0.3, 0.4) is 0 Å². The van der Waals surface area contributed by atoms with Gasteiger partial charge in [0, 0.05) is 12.5 Å². The Balaban J connectivity index is 0.00000208.